The molecule has 0 unspecified atom stereocenters. The topological polar surface area (TPSA) is 232 Å². The molecule has 0 fully saturated rings. The number of nitrogens with zero attached hydrogens (tertiary/aromatic N) is 5. The molecule has 7 aliphatic rings. The molecule has 4 aliphatic heterocycles. The number of rotatable bonds is 10. The number of H-pyrrole nitrogens is 1. The number of fused-ring (bicyclic) bond motifs is 4. The fourth-order valence-corrected chi connectivity index (χ4v) is 10.2. The number of allylic oxidation sites excluding steroid dienone is 2. The summed E-state index contributed by atoms with van der Waals surface area (Å²) in [6.45, 7) is 28.4. The van der Waals surface area contributed by atoms with Crippen LogP contribution < -0.4 is 43.4 Å². The Labute approximate surface area is 425 Å². The van der Waals surface area contributed by atoms with Crippen molar-refractivity contribution in [3.63, 3.8) is 0 Å². The van der Waals surface area contributed by atoms with Crippen LogP contribution in [-0.2, 0) is 29.2 Å². The summed E-state index contributed by atoms with van der Waals surface area (Å²) in [5.74, 6) is -1.27. The Kier molecular flexibility index (Phi) is 15.3. The molecule has 2 amide bonds. The zero-order chi connectivity index (χ0) is 54.4. The molecule has 0 aromatic carbocycles. The quantitative estimate of drug-likeness (QED) is 0.154. The van der Waals surface area contributed by atoms with Gasteiger partial charge in [-0.05, 0) is 112 Å². The second kappa shape index (κ2) is 21.1. The van der Waals surface area contributed by atoms with Crippen LogP contribution >= 0.6 is 0 Å². The van der Waals surface area contributed by atoms with Gasteiger partial charge in [-0.3, -0.25) is 38.4 Å². The minimum Gasteiger partial charge on any atom is -0.507 e. The van der Waals surface area contributed by atoms with Gasteiger partial charge >= 0.3 is 0 Å². The van der Waals surface area contributed by atoms with Crippen LogP contribution in [0.4, 0.5) is 0 Å². The first-order valence-corrected chi connectivity index (χ1v) is 24.9. The van der Waals surface area contributed by atoms with Gasteiger partial charge in [-0.2, -0.15) is 0 Å². The van der Waals surface area contributed by atoms with Gasteiger partial charge in [-0.1, -0.05) is 60.1 Å². The minimum absolute atomic E-state index is 0.00181. The van der Waals surface area contributed by atoms with Crippen molar-refractivity contribution in [2.24, 2.45) is 15.9 Å². The first-order chi connectivity index (χ1) is 34.9. The molecular formula is C58H62N6O10. The number of aryl methyl sites for hydroxylation is 4. The van der Waals surface area contributed by atoms with E-state index in [0.717, 1.165) is 49.7 Å². The third kappa shape index (κ3) is 9.63. The fraction of sp³-hybridized carbons (Fsp3) is 0.345. The maximum absolute atomic E-state index is 13.2. The molecule has 0 radical (unpaired) electrons. The van der Waals surface area contributed by atoms with Crippen molar-refractivity contribution < 1.29 is 29.4 Å². The van der Waals surface area contributed by atoms with Gasteiger partial charge in [0.1, 0.15) is 44.3 Å². The van der Waals surface area contributed by atoms with Crippen LogP contribution in [-0.4, -0.2) is 52.3 Å². The van der Waals surface area contributed by atoms with Gasteiger partial charge in [0.25, 0.3) is 17.4 Å². The molecule has 384 valence electrons. The van der Waals surface area contributed by atoms with Gasteiger partial charge in [0, 0.05) is 65.1 Å². The largest absolute Gasteiger partial charge is 0.507 e. The number of carbonyl (C=O) groups excluding carboxylic acids is 4. The molecule has 6 heterocycles. The summed E-state index contributed by atoms with van der Waals surface area (Å²) in [4.78, 5) is 110. The number of pyridine rings is 2. The number of amides is 2. The molecule has 0 saturated carbocycles. The number of aromatic hydroxyl groups is 2. The van der Waals surface area contributed by atoms with E-state index in [1.54, 1.807) is 32.3 Å². The molecular weight excluding hydrogens is 941 g/mol. The molecule has 3 N–H and O–H groups in total. The Morgan fingerprint density at radius 1 is 0.568 bits per heavy atom. The Balaban J connectivity index is 0.000000162. The lowest BCUT2D eigenvalue weighted by Gasteiger charge is -2.23. The highest BCUT2D eigenvalue weighted by Crippen LogP contribution is 2.30. The van der Waals surface area contributed by atoms with Crippen LogP contribution in [0.1, 0.15) is 146 Å². The molecule has 2 aromatic heterocycles. The average molecular weight is 1000 g/mol. The van der Waals surface area contributed by atoms with Gasteiger partial charge in [0.15, 0.2) is 5.78 Å². The molecule has 9 rings (SSSR count). The Bertz CT molecular complexity index is 4130. The van der Waals surface area contributed by atoms with Crippen molar-refractivity contribution in [2.75, 3.05) is 0 Å². The highest BCUT2D eigenvalue weighted by atomic mass is 16.3. The summed E-state index contributed by atoms with van der Waals surface area (Å²) in [5.41, 5.74) is 3.51. The maximum Gasteiger partial charge on any atom is 0.270 e. The number of ketones is 2. The Morgan fingerprint density at radius 2 is 1.07 bits per heavy atom. The van der Waals surface area contributed by atoms with Crippen molar-refractivity contribution >= 4 is 47.7 Å². The van der Waals surface area contributed by atoms with Crippen LogP contribution in [0.15, 0.2) is 65.6 Å². The van der Waals surface area contributed by atoms with Crippen LogP contribution in [0.2, 0.25) is 0 Å². The molecule has 3 aliphatic carbocycles. The Hall–Kier alpha value is -8.14. The molecule has 0 spiro atoms. The first kappa shape index (κ1) is 53.7. The first-order valence-electron chi connectivity index (χ1n) is 24.9. The van der Waals surface area contributed by atoms with Gasteiger partial charge in [-0.15, -0.1) is 0 Å². The van der Waals surface area contributed by atoms with E-state index in [4.69, 9.17) is 0 Å². The number of aromatic nitrogens is 4. The SMILES string of the molecule is C=c1cc(C)c2c(O)c3c(c(=O)c=2n1CCC(C)C)=NC(=O)C=C3C.C=c1cc(C)c2c(O)c3c(c(=O)c=2n1CCC)=NC(=O)C=C3C.CCCCCCn1c2c(c(C)cc1=O)C(=O)c1c(C)cc(=O)[nH]c1C2=O. The fourth-order valence-electron chi connectivity index (χ4n) is 10.2. The number of hydrogen-bond acceptors (Lipinski definition) is 10. The number of aromatic amines is 1. The minimum atomic E-state index is -0.476. The van der Waals surface area contributed by atoms with Crippen molar-refractivity contribution in [2.45, 2.75) is 127 Å². The highest BCUT2D eigenvalue weighted by molar-refractivity contribution is 6.28. The van der Waals surface area contributed by atoms with Crippen molar-refractivity contribution in [1.29, 1.82) is 0 Å². The van der Waals surface area contributed by atoms with Crippen LogP contribution in [0, 0.1) is 54.7 Å². The molecule has 2 aromatic rings. The number of nitrogens with one attached hydrogen (secondary N) is 1. The summed E-state index contributed by atoms with van der Waals surface area (Å²) < 4.78 is 5.01. The van der Waals surface area contributed by atoms with Gasteiger partial charge in [0.2, 0.25) is 22.2 Å². The van der Waals surface area contributed by atoms with Crippen LogP contribution in [0.5, 0.6) is 11.5 Å². The van der Waals surface area contributed by atoms with E-state index < -0.39 is 23.2 Å². The maximum atomic E-state index is 13.2. The second-order valence-electron chi connectivity index (χ2n) is 19.8. The lowest BCUT2D eigenvalue weighted by atomic mass is 9.85. The summed E-state index contributed by atoms with van der Waals surface area (Å²) in [6, 6.07) is 6.45. The lowest BCUT2D eigenvalue weighted by molar-refractivity contribution is -0.114. The monoisotopic (exact) mass is 1000 g/mol. The van der Waals surface area contributed by atoms with E-state index in [0.29, 0.717) is 90.8 Å². The lowest BCUT2D eigenvalue weighted by Crippen LogP contribution is -2.37. The van der Waals surface area contributed by atoms with Gasteiger partial charge in [0.05, 0.1) is 22.3 Å². The average Bonchev–Trinajstić information content (AvgIpc) is 3.31. The number of unbranched alkanes of at least 4 members (excludes halogenated alkanes) is 3. The molecule has 16 nitrogen and oxygen atoms in total. The zero-order valence-electron chi connectivity index (χ0n) is 43.7. The van der Waals surface area contributed by atoms with Gasteiger partial charge in [-0.25, -0.2) is 9.98 Å². The predicted octanol–water partition coefficient (Wildman–Crippen LogP) is 5.09. The predicted molar refractivity (Wildman–Crippen MR) is 283 cm³/mol. The van der Waals surface area contributed by atoms with E-state index in [2.05, 4.69) is 48.9 Å². The summed E-state index contributed by atoms with van der Waals surface area (Å²) in [5, 5.41) is 24.8. The van der Waals surface area contributed by atoms with Crippen molar-refractivity contribution in [3.05, 3.63) is 176 Å². The van der Waals surface area contributed by atoms with E-state index >= 15 is 0 Å². The molecule has 0 bridgehead atoms. The smallest absolute Gasteiger partial charge is 0.270 e. The normalized spacial score (nSPS) is 13.4. The van der Waals surface area contributed by atoms with E-state index in [-0.39, 0.29) is 66.9 Å². The van der Waals surface area contributed by atoms with E-state index in [9.17, 15) is 48.6 Å². The number of hydrogen-bond donors (Lipinski definition) is 3. The zero-order valence-corrected chi connectivity index (χ0v) is 43.7. The third-order valence-electron chi connectivity index (χ3n) is 13.7. The van der Waals surface area contributed by atoms with Crippen molar-refractivity contribution in [3.8, 4) is 11.5 Å². The van der Waals surface area contributed by atoms with Crippen LogP contribution in [0.25, 0.3) is 24.3 Å². The van der Waals surface area contributed by atoms with Crippen LogP contribution in [0.3, 0.4) is 0 Å². The molecule has 0 atom stereocenters. The second-order valence-corrected chi connectivity index (χ2v) is 19.8. The highest BCUT2D eigenvalue weighted by Gasteiger charge is 2.36. The van der Waals surface area contributed by atoms with E-state index in [1.165, 1.54) is 28.9 Å². The summed E-state index contributed by atoms with van der Waals surface area (Å²) >= 11 is 0. The summed E-state index contributed by atoms with van der Waals surface area (Å²) in [6.07, 6.45) is 8.17. The molecule has 74 heavy (non-hydrogen) atoms. The molecule has 16 heteroatoms. The van der Waals surface area contributed by atoms with E-state index in [1.807, 2.05) is 37.5 Å². The van der Waals surface area contributed by atoms with Crippen molar-refractivity contribution in [1.82, 2.24) is 18.7 Å². The standard InChI is InChI=1S/C20H22N2O4.C20H22N2O3.C18H18N2O3/c1-4-5-6-7-8-22-14(24)10-12(3)16-18(22)20(26)17-15(19(16)25)11(2)9-13(23)21-17;1-10(2)6-7-22-13(5)8-11(3)16-18(22)20(25)17-15(19(16)24)12(4)9-14(23)21-17;1-5-6-20-11(4)7-9(2)14-16(20)18(23)15-13(17(14)22)10(3)8-12(21)19-15/h9-10H,4-8H2,1-3H3,(H,21,23);8-10,24H,5-7H2,1-4H3;7-8,22H,4-6H2,1-3H3. The summed E-state index contributed by atoms with van der Waals surface area (Å²) in [7, 11) is 0. The Morgan fingerprint density at radius 3 is 1.55 bits per heavy atom. The third-order valence-corrected chi connectivity index (χ3v) is 13.7. The molecule has 0 saturated heterocycles. The number of carbonyl (C=O) groups is 4. The van der Waals surface area contributed by atoms with Gasteiger partial charge < -0.3 is 28.9 Å².